The van der Waals surface area contributed by atoms with E-state index in [0.29, 0.717) is 6.61 Å². The lowest BCUT2D eigenvalue weighted by Crippen LogP contribution is -2.50. The summed E-state index contributed by atoms with van der Waals surface area (Å²) in [5, 5.41) is 10.2. The molecule has 0 aromatic heterocycles. The number of fused-ring (bicyclic) bond motifs is 4. The van der Waals surface area contributed by atoms with Gasteiger partial charge in [-0.3, -0.25) is 9.69 Å². The first-order chi connectivity index (χ1) is 16.7. The van der Waals surface area contributed by atoms with Crippen molar-refractivity contribution in [3.63, 3.8) is 0 Å². The molecule has 0 bridgehead atoms. The second-order valence-electron chi connectivity index (χ2n) is 9.52. The summed E-state index contributed by atoms with van der Waals surface area (Å²) in [6.07, 6.45) is -1.02. The van der Waals surface area contributed by atoms with Crippen molar-refractivity contribution in [3.8, 4) is 16.9 Å². The number of hydrogen-bond donors (Lipinski definition) is 2. The van der Waals surface area contributed by atoms with Crippen LogP contribution in [0.15, 0.2) is 66.7 Å². The second-order valence-corrected chi connectivity index (χ2v) is 9.52. The molecule has 2 aliphatic rings. The van der Waals surface area contributed by atoms with Gasteiger partial charge < -0.3 is 20.3 Å². The third-order valence-corrected chi connectivity index (χ3v) is 6.78. The Labute approximate surface area is 204 Å². The summed E-state index contributed by atoms with van der Waals surface area (Å²) < 4.78 is 11.6. The quantitative estimate of drug-likeness (QED) is 0.549. The zero-order valence-electron chi connectivity index (χ0n) is 19.7. The molecule has 3 aromatic carbocycles. The van der Waals surface area contributed by atoms with Gasteiger partial charge in [-0.05, 0) is 39.9 Å². The Kier molecular flexibility index (Phi) is 5.73. The van der Waals surface area contributed by atoms with Gasteiger partial charge in [0, 0.05) is 38.3 Å². The van der Waals surface area contributed by atoms with E-state index in [1.54, 1.807) is 0 Å². The number of carbonyl (C=O) groups excluding carboxylic acids is 1. The highest BCUT2D eigenvalue weighted by molar-refractivity contribution is 5.85. The van der Waals surface area contributed by atoms with Crippen LogP contribution in [-0.2, 0) is 22.6 Å². The number of nitrogens with zero attached hydrogens (tertiary/aromatic N) is 1. The largest absolute Gasteiger partial charge is 0.465 e. The van der Waals surface area contributed by atoms with Gasteiger partial charge in [0.25, 0.3) is 0 Å². The van der Waals surface area contributed by atoms with E-state index in [0.717, 1.165) is 39.1 Å². The van der Waals surface area contributed by atoms with Crippen LogP contribution in [0.3, 0.4) is 0 Å². The molecule has 1 unspecified atom stereocenters. The highest BCUT2D eigenvalue weighted by Gasteiger charge is 2.36. The van der Waals surface area contributed by atoms with Gasteiger partial charge in [-0.25, -0.2) is 4.79 Å². The number of benzene rings is 3. The standard InChI is InChI=1S/C28H28N2O5/c1-28(2)34-16-18-13-17(11-12-25(18)35-28)14-24(26(29)31)30(27(32)33)15-23-21-9-5-3-7-19(21)20-8-4-6-10-22(20)23/h3-13,23-24H,14-16H2,1-2H3,(H2,29,31)(H,32,33). The van der Waals surface area contributed by atoms with E-state index < -0.39 is 23.8 Å². The summed E-state index contributed by atoms with van der Waals surface area (Å²) in [4.78, 5) is 26.2. The average molecular weight is 473 g/mol. The van der Waals surface area contributed by atoms with Gasteiger partial charge in [-0.2, -0.15) is 0 Å². The fourth-order valence-electron chi connectivity index (χ4n) is 5.10. The van der Waals surface area contributed by atoms with Crippen molar-refractivity contribution in [3.05, 3.63) is 89.0 Å². The van der Waals surface area contributed by atoms with Crippen molar-refractivity contribution in [2.45, 2.75) is 44.6 Å². The fourth-order valence-corrected chi connectivity index (χ4v) is 5.10. The molecule has 2 amide bonds. The van der Waals surface area contributed by atoms with Gasteiger partial charge in [0.2, 0.25) is 11.7 Å². The molecule has 35 heavy (non-hydrogen) atoms. The number of amides is 2. The van der Waals surface area contributed by atoms with Crippen LogP contribution < -0.4 is 10.5 Å². The summed E-state index contributed by atoms with van der Waals surface area (Å²) in [5.41, 5.74) is 11.7. The number of nitrogens with two attached hydrogens (primary N) is 1. The number of ether oxygens (including phenoxy) is 2. The molecule has 0 spiro atoms. The van der Waals surface area contributed by atoms with E-state index in [1.807, 2.05) is 80.6 Å². The minimum atomic E-state index is -1.18. The maximum absolute atomic E-state index is 12.6. The normalized spacial score (nSPS) is 16.4. The molecule has 3 aromatic rings. The molecule has 0 radical (unpaired) electrons. The maximum Gasteiger partial charge on any atom is 0.408 e. The molecule has 7 nitrogen and oxygen atoms in total. The predicted molar refractivity (Wildman–Crippen MR) is 131 cm³/mol. The lowest BCUT2D eigenvalue weighted by Gasteiger charge is -2.33. The van der Waals surface area contributed by atoms with Gasteiger partial charge >= 0.3 is 6.09 Å². The van der Waals surface area contributed by atoms with Gasteiger partial charge in [0.05, 0.1) is 6.61 Å². The van der Waals surface area contributed by atoms with Crippen molar-refractivity contribution in [2.24, 2.45) is 5.73 Å². The van der Waals surface area contributed by atoms with Crippen molar-refractivity contribution < 1.29 is 24.2 Å². The topological polar surface area (TPSA) is 102 Å². The Hall–Kier alpha value is -3.84. The van der Waals surface area contributed by atoms with Crippen LogP contribution in [0.2, 0.25) is 0 Å². The van der Waals surface area contributed by atoms with Crippen LogP contribution in [0.1, 0.15) is 42.0 Å². The zero-order valence-corrected chi connectivity index (χ0v) is 19.7. The lowest BCUT2D eigenvalue weighted by atomic mass is 9.94. The fraction of sp³-hybridized carbons (Fsp3) is 0.286. The minimum absolute atomic E-state index is 0.127. The van der Waals surface area contributed by atoms with E-state index in [4.69, 9.17) is 15.2 Å². The Morgan fingerprint density at radius 1 is 1.06 bits per heavy atom. The van der Waals surface area contributed by atoms with Crippen LogP contribution >= 0.6 is 0 Å². The Morgan fingerprint density at radius 3 is 2.29 bits per heavy atom. The van der Waals surface area contributed by atoms with Gasteiger partial charge in [-0.1, -0.05) is 54.6 Å². The van der Waals surface area contributed by atoms with E-state index in [-0.39, 0.29) is 18.9 Å². The smallest absolute Gasteiger partial charge is 0.408 e. The number of carbonyl (C=O) groups is 2. The number of rotatable bonds is 6. The van der Waals surface area contributed by atoms with Crippen molar-refractivity contribution in [1.82, 2.24) is 4.90 Å². The summed E-state index contributed by atoms with van der Waals surface area (Å²) in [7, 11) is 0. The van der Waals surface area contributed by atoms with Crippen LogP contribution in [0.4, 0.5) is 4.79 Å². The first-order valence-electron chi connectivity index (χ1n) is 11.7. The number of carboxylic acid groups (broad SMARTS) is 1. The van der Waals surface area contributed by atoms with Crippen molar-refractivity contribution >= 4 is 12.0 Å². The molecule has 7 heteroatoms. The SMILES string of the molecule is CC1(C)OCc2cc(CC(C(N)=O)N(CC3c4ccccc4-c4ccccc43)C(=O)O)ccc2O1. The molecule has 1 aliphatic heterocycles. The van der Waals surface area contributed by atoms with Crippen molar-refractivity contribution in [2.75, 3.05) is 6.54 Å². The lowest BCUT2D eigenvalue weighted by molar-refractivity contribution is -0.180. The summed E-state index contributed by atoms with van der Waals surface area (Å²) in [6, 6.07) is 20.5. The molecule has 1 aliphatic carbocycles. The van der Waals surface area contributed by atoms with Crippen LogP contribution in [0.5, 0.6) is 5.75 Å². The van der Waals surface area contributed by atoms with Crippen LogP contribution in [0, 0.1) is 0 Å². The minimum Gasteiger partial charge on any atom is -0.465 e. The first kappa shape index (κ1) is 22.9. The molecule has 1 heterocycles. The molecule has 180 valence electrons. The summed E-state index contributed by atoms with van der Waals surface area (Å²) >= 11 is 0. The zero-order chi connectivity index (χ0) is 24.7. The van der Waals surface area contributed by atoms with Gasteiger partial charge in [-0.15, -0.1) is 0 Å². The molecule has 0 saturated carbocycles. The van der Waals surface area contributed by atoms with Crippen molar-refractivity contribution in [1.29, 1.82) is 0 Å². The Balaban J connectivity index is 1.44. The summed E-state index contributed by atoms with van der Waals surface area (Å²) in [5.74, 6) is -0.862. The molecule has 0 fully saturated rings. The second kappa shape index (κ2) is 8.74. The molecule has 1 atom stereocenters. The third kappa shape index (κ3) is 4.35. The third-order valence-electron chi connectivity index (χ3n) is 6.78. The highest BCUT2D eigenvalue weighted by atomic mass is 16.7. The summed E-state index contributed by atoms with van der Waals surface area (Å²) in [6.45, 7) is 4.19. The van der Waals surface area contributed by atoms with Gasteiger partial charge in [0.15, 0.2) is 0 Å². The number of primary amides is 1. The highest BCUT2D eigenvalue weighted by Crippen LogP contribution is 2.45. The van der Waals surface area contributed by atoms with Gasteiger partial charge in [0.1, 0.15) is 11.8 Å². The van der Waals surface area contributed by atoms with E-state index in [2.05, 4.69) is 0 Å². The molecular formula is C28H28N2O5. The maximum atomic E-state index is 12.6. The van der Waals surface area contributed by atoms with E-state index in [1.165, 1.54) is 4.90 Å². The van der Waals surface area contributed by atoms with E-state index in [9.17, 15) is 14.7 Å². The molecular weight excluding hydrogens is 444 g/mol. The van der Waals surface area contributed by atoms with E-state index >= 15 is 0 Å². The Bertz CT molecular complexity index is 1260. The first-order valence-corrected chi connectivity index (χ1v) is 11.7. The Morgan fingerprint density at radius 2 is 1.69 bits per heavy atom. The number of hydrogen-bond acceptors (Lipinski definition) is 4. The molecule has 3 N–H and O–H groups in total. The van der Waals surface area contributed by atoms with Crippen LogP contribution in [0.25, 0.3) is 11.1 Å². The molecule has 0 saturated heterocycles. The molecule has 5 rings (SSSR count). The average Bonchev–Trinajstić information content (AvgIpc) is 3.14. The van der Waals surface area contributed by atoms with Crippen LogP contribution in [-0.4, -0.2) is 40.4 Å². The monoisotopic (exact) mass is 472 g/mol. The predicted octanol–water partition coefficient (Wildman–Crippen LogP) is 4.52.